The second-order valence-corrected chi connectivity index (χ2v) is 9.57. The van der Waals surface area contributed by atoms with Crippen LogP contribution in [0.4, 0.5) is 0 Å². The molecule has 0 spiro atoms. The molecule has 13 nitrogen and oxygen atoms in total. The molecule has 0 bridgehead atoms. The third-order valence-corrected chi connectivity index (χ3v) is 6.44. The molecule has 0 aromatic carbocycles. The van der Waals surface area contributed by atoms with E-state index in [1.54, 1.807) is 20.8 Å². The van der Waals surface area contributed by atoms with Crippen LogP contribution in [0.15, 0.2) is 0 Å². The Morgan fingerprint density at radius 1 is 0.553 bits per heavy atom. The Bertz CT molecular complexity index is 873. The van der Waals surface area contributed by atoms with E-state index in [9.17, 15) is 24.0 Å². The highest BCUT2D eigenvalue weighted by atomic mass is 16.7. The van der Waals surface area contributed by atoms with Gasteiger partial charge < -0.3 is 37.9 Å². The Labute approximate surface area is 221 Å². The molecule has 2 fully saturated rings. The Kier molecular flexibility index (Phi) is 11.5. The maximum atomic E-state index is 12.0. The summed E-state index contributed by atoms with van der Waals surface area (Å²) in [6.45, 7) is 11.0. The number of carbonyl (C=O) groups is 5. The van der Waals surface area contributed by atoms with Gasteiger partial charge in [0.05, 0.1) is 6.10 Å². The molecule has 2 heterocycles. The van der Waals surface area contributed by atoms with Crippen molar-refractivity contribution in [2.24, 2.45) is 11.8 Å². The van der Waals surface area contributed by atoms with Crippen LogP contribution in [-0.4, -0.2) is 92.1 Å². The average Bonchev–Trinajstić information content (AvgIpc) is 2.79. The second-order valence-electron chi connectivity index (χ2n) is 9.57. The Morgan fingerprint density at radius 3 is 1.47 bits per heavy atom. The van der Waals surface area contributed by atoms with Gasteiger partial charge in [0.1, 0.15) is 43.7 Å². The van der Waals surface area contributed by atoms with Crippen LogP contribution < -0.4 is 0 Å². The fourth-order valence-corrected chi connectivity index (χ4v) is 4.49. The Hall–Kier alpha value is -2.77. The van der Waals surface area contributed by atoms with Crippen molar-refractivity contribution in [3.63, 3.8) is 0 Å². The summed E-state index contributed by atoms with van der Waals surface area (Å²) in [6.07, 6.45) is -7.66. The van der Waals surface area contributed by atoms with Crippen molar-refractivity contribution in [1.82, 2.24) is 0 Å². The van der Waals surface area contributed by atoms with E-state index in [1.165, 1.54) is 34.6 Å². The fraction of sp³-hybridized carbons (Fsp3) is 0.800. The van der Waals surface area contributed by atoms with Gasteiger partial charge in [-0.05, 0) is 6.92 Å². The summed E-state index contributed by atoms with van der Waals surface area (Å²) >= 11 is 0. The Morgan fingerprint density at radius 2 is 1.00 bits per heavy atom. The predicted octanol–water partition coefficient (Wildman–Crippen LogP) is 1.08. The molecule has 2 rings (SSSR count). The van der Waals surface area contributed by atoms with E-state index in [0.29, 0.717) is 0 Å². The van der Waals surface area contributed by atoms with Crippen LogP contribution in [0, 0.1) is 11.8 Å². The lowest BCUT2D eigenvalue weighted by molar-refractivity contribution is -0.333. The van der Waals surface area contributed by atoms with Gasteiger partial charge in [0.15, 0.2) is 12.4 Å². The highest BCUT2D eigenvalue weighted by molar-refractivity contribution is 5.68. The smallest absolute Gasteiger partial charge is 0.303 e. The number of ether oxygens (including phenoxy) is 8. The SMILES string of the molecule is CC(=O)OCC1O[C@@H](O[C@@H]2C(COC(C)=O)OC(C)[C@H](C)[C@@H]2OC(C)=O)C(OC(C)=O)[C@H](OC(C)=O)[C@@H]1C. The summed E-state index contributed by atoms with van der Waals surface area (Å²) < 4.78 is 45.3. The molecule has 2 aliphatic heterocycles. The summed E-state index contributed by atoms with van der Waals surface area (Å²) in [5, 5.41) is 0. The van der Waals surface area contributed by atoms with Crippen LogP contribution >= 0.6 is 0 Å². The van der Waals surface area contributed by atoms with E-state index < -0.39 is 84.8 Å². The second kappa shape index (κ2) is 13.9. The first-order chi connectivity index (χ1) is 17.7. The summed E-state index contributed by atoms with van der Waals surface area (Å²) in [6, 6.07) is 0. The van der Waals surface area contributed by atoms with Crippen molar-refractivity contribution in [1.29, 1.82) is 0 Å². The topological polar surface area (TPSA) is 159 Å². The quantitative estimate of drug-likeness (QED) is 0.299. The molecular formula is C25H38O13. The largest absolute Gasteiger partial charge is 0.463 e. The van der Waals surface area contributed by atoms with Gasteiger partial charge >= 0.3 is 29.8 Å². The highest BCUT2D eigenvalue weighted by Crippen LogP contribution is 2.36. The van der Waals surface area contributed by atoms with Gasteiger partial charge in [-0.3, -0.25) is 24.0 Å². The number of esters is 5. The molecule has 2 aliphatic rings. The van der Waals surface area contributed by atoms with E-state index in [2.05, 4.69) is 0 Å². The minimum Gasteiger partial charge on any atom is -0.463 e. The van der Waals surface area contributed by atoms with Crippen molar-refractivity contribution in [3.05, 3.63) is 0 Å². The summed E-state index contributed by atoms with van der Waals surface area (Å²) in [7, 11) is 0. The molecule has 0 aromatic rings. The summed E-state index contributed by atoms with van der Waals surface area (Å²) in [5.74, 6) is -3.94. The van der Waals surface area contributed by atoms with Gasteiger partial charge in [0.2, 0.25) is 0 Å². The molecule has 38 heavy (non-hydrogen) atoms. The van der Waals surface area contributed by atoms with Crippen LogP contribution in [0.5, 0.6) is 0 Å². The first-order valence-electron chi connectivity index (χ1n) is 12.5. The number of hydrogen-bond acceptors (Lipinski definition) is 13. The van der Waals surface area contributed by atoms with Crippen molar-refractivity contribution in [3.8, 4) is 0 Å². The summed E-state index contributed by atoms with van der Waals surface area (Å²) in [5.41, 5.74) is 0. The zero-order valence-electron chi connectivity index (χ0n) is 23.0. The van der Waals surface area contributed by atoms with E-state index in [4.69, 9.17) is 37.9 Å². The zero-order valence-corrected chi connectivity index (χ0v) is 23.0. The monoisotopic (exact) mass is 546 g/mol. The van der Waals surface area contributed by atoms with Crippen molar-refractivity contribution in [2.75, 3.05) is 13.2 Å². The van der Waals surface area contributed by atoms with Gasteiger partial charge in [-0.25, -0.2) is 0 Å². The van der Waals surface area contributed by atoms with Crippen LogP contribution in [0.25, 0.3) is 0 Å². The Balaban J connectivity index is 2.49. The van der Waals surface area contributed by atoms with Gasteiger partial charge in [0.25, 0.3) is 0 Å². The number of hydrogen-bond donors (Lipinski definition) is 0. The molecule has 0 N–H and O–H groups in total. The molecular weight excluding hydrogens is 508 g/mol. The lowest BCUT2D eigenvalue weighted by Gasteiger charge is -2.48. The van der Waals surface area contributed by atoms with Gasteiger partial charge in [-0.1, -0.05) is 13.8 Å². The lowest BCUT2D eigenvalue weighted by Crippen LogP contribution is -2.63. The van der Waals surface area contributed by atoms with Crippen molar-refractivity contribution < 1.29 is 61.9 Å². The molecule has 0 amide bonds. The highest BCUT2D eigenvalue weighted by Gasteiger charge is 2.53. The fourth-order valence-electron chi connectivity index (χ4n) is 4.49. The van der Waals surface area contributed by atoms with E-state index in [1.807, 2.05) is 0 Å². The van der Waals surface area contributed by atoms with Crippen LogP contribution in [0.2, 0.25) is 0 Å². The van der Waals surface area contributed by atoms with Crippen molar-refractivity contribution in [2.45, 2.75) is 104 Å². The molecule has 0 radical (unpaired) electrons. The maximum Gasteiger partial charge on any atom is 0.303 e. The number of carbonyl (C=O) groups excluding carboxylic acids is 5. The lowest BCUT2D eigenvalue weighted by atomic mass is 9.87. The van der Waals surface area contributed by atoms with Gasteiger partial charge in [-0.15, -0.1) is 0 Å². The van der Waals surface area contributed by atoms with Crippen LogP contribution in [0.1, 0.15) is 55.4 Å². The van der Waals surface area contributed by atoms with E-state index >= 15 is 0 Å². The van der Waals surface area contributed by atoms with Gasteiger partial charge in [-0.2, -0.15) is 0 Å². The minimum absolute atomic E-state index is 0.195. The van der Waals surface area contributed by atoms with Gasteiger partial charge in [0, 0.05) is 46.5 Å². The predicted molar refractivity (Wildman–Crippen MR) is 126 cm³/mol. The van der Waals surface area contributed by atoms with E-state index in [0.717, 1.165) is 0 Å². The molecule has 10 atom stereocenters. The average molecular weight is 547 g/mol. The van der Waals surface area contributed by atoms with Crippen LogP contribution in [0.3, 0.4) is 0 Å². The maximum absolute atomic E-state index is 12.0. The first-order valence-corrected chi connectivity index (χ1v) is 12.5. The molecule has 0 aliphatic carbocycles. The van der Waals surface area contributed by atoms with Crippen molar-refractivity contribution >= 4 is 29.8 Å². The normalized spacial score (nSPS) is 34.9. The first kappa shape index (κ1) is 31.4. The zero-order chi connectivity index (χ0) is 28.7. The number of rotatable bonds is 9. The third kappa shape index (κ3) is 8.63. The molecule has 2 saturated heterocycles. The molecule has 216 valence electrons. The van der Waals surface area contributed by atoms with Crippen LogP contribution in [-0.2, 0) is 61.9 Å². The molecule has 4 unspecified atom stereocenters. The minimum atomic E-state index is -1.37. The molecule has 0 aromatic heterocycles. The standard InChI is InChI=1S/C25H38O13/c1-11-13(3)33-20(10-32-15(5)27)23(21(11)34-16(6)28)38-25-24(36-18(8)30)22(35-17(7)29)12(2)19(37-25)9-31-14(4)26/h11-13,19-25H,9-10H2,1-8H3/t11-,12+,13?,19?,20?,21-,22+,23+,24?,25-/m0/s1. The molecule has 13 heteroatoms. The van der Waals surface area contributed by atoms with E-state index in [-0.39, 0.29) is 19.1 Å². The third-order valence-electron chi connectivity index (χ3n) is 6.44. The molecule has 0 saturated carbocycles. The summed E-state index contributed by atoms with van der Waals surface area (Å²) in [4.78, 5) is 59.0.